The van der Waals surface area contributed by atoms with E-state index in [2.05, 4.69) is 5.32 Å². The van der Waals surface area contributed by atoms with Crippen LogP contribution in [0.25, 0.3) is 6.08 Å². The Kier molecular flexibility index (Phi) is 6.76. The van der Waals surface area contributed by atoms with Crippen molar-refractivity contribution in [3.63, 3.8) is 0 Å². The van der Waals surface area contributed by atoms with Crippen LogP contribution in [0.4, 0.5) is 5.69 Å². The van der Waals surface area contributed by atoms with E-state index in [1.54, 1.807) is 30.3 Å². The second kappa shape index (κ2) is 8.81. The molecule has 2 rings (SSSR count). The summed E-state index contributed by atoms with van der Waals surface area (Å²) in [5.41, 5.74) is 0.557. The van der Waals surface area contributed by atoms with Gasteiger partial charge in [-0.15, -0.1) is 0 Å². The zero-order chi connectivity index (χ0) is 19.3. The number of carbonyl (C=O) groups excluding carboxylic acids is 1. The molecular formula is C18H13Cl3N2O3. The van der Waals surface area contributed by atoms with Gasteiger partial charge < -0.3 is 14.8 Å². The fourth-order valence-corrected chi connectivity index (χ4v) is 2.92. The lowest BCUT2D eigenvalue weighted by Gasteiger charge is -2.11. The van der Waals surface area contributed by atoms with Gasteiger partial charge in [0, 0.05) is 0 Å². The maximum Gasteiger partial charge on any atom is 0.266 e. The van der Waals surface area contributed by atoms with Crippen molar-refractivity contribution in [2.75, 3.05) is 19.5 Å². The van der Waals surface area contributed by atoms with Gasteiger partial charge in [0.15, 0.2) is 11.5 Å². The summed E-state index contributed by atoms with van der Waals surface area (Å²) in [6.07, 6.45) is 1.37. The Hall–Kier alpha value is -2.39. The molecule has 0 radical (unpaired) electrons. The number of halogens is 3. The Balaban J connectivity index is 2.38. The van der Waals surface area contributed by atoms with Crippen molar-refractivity contribution in [1.29, 1.82) is 5.26 Å². The molecule has 0 saturated carbocycles. The smallest absolute Gasteiger partial charge is 0.266 e. The third-order valence-corrected chi connectivity index (χ3v) is 4.24. The first-order chi connectivity index (χ1) is 12.4. The number of hydrogen-bond donors (Lipinski definition) is 1. The minimum Gasteiger partial charge on any atom is -0.493 e. The summed E-state index contributed by atoms with van der Waals surface area (Å²) in [5, 5.41) is 12.7. The number of anilines is 1. The number of rotatable bonds is 5. The van der Waals surface area contributed by atoms with Crippen LogP contribution in [-0.4, -0.2) is 20.1 Å². The Morgan fingerprint density at radius 1 is 1.12 bits per heavy atom. The van der Waals surface area contributed by atoms with Gasteiger partial charge in [-0.05, 0) is 35.9 Å². The van der Waals surface area contributed by atoms with E-state index >= 15 is 0 Å². The average Bonchev–Trinajstić information content (AvgIpc) is 2.62. The summed E-state index contributed by atoms with van der Waals surface area (Å²) < 4.78 is 10.4. The van der Waals surface area contributed by atoms with Crippen molar-refractivity contribution in [3.05, 3.63) is 56.5 Å². The molecule has 0 bridgehead atoms. The molecule has 0 aliphatic heterocycles. The first-order valence-electron chi connectivity index (χ1n) is 7.20. The quantitative estimate of drug-likeness (QED) is 0.541. The minimum atomic E-state index is -0.659. The van der Waals surface area contributed by atoms with Crippen LogP contribution in [0.3, 0.4) is 0 Å². The number of carbonyl (C=O) groups is 1. The predicted molar refractivity (Wildman–Crippen MR) is 103 cm³/mol. The van der Waals surface area contributed by atoms with Crippen LogP contribution < -0.4 is 14.8 Å². The summed E-state index contributed by atoms with van der Waals surface area (Å²) in [5.74, 6) is 0.0728. The lowest BCUT2D eigenvalue weighted by molar-refractivity contribution is -0.112. The highest BCUT2D eigenvalue weighted by molar-refractivity contribution is 6.40. The number of ether oxygens (including phenoxy) is 2. The predicted octanol–water partition coefficient (Wildman–Crippen LogP) is 5.21. The first kappa shape index (κ1) is 19.9. The molecule has 5 nitrogen and oxygen atoms in total. The van der Waals surface area contributed by atoms with E-state index in [0.29, 0.717) is 17.1 Å². The maximum atomic E-state index is 12.4. The highest BCUT2D eigenvalue weighted by Gasteiger charge is 2.15. The zero-order valence-corrected chi connectivity index (χ0v) is 16.0. The average molecular weight is 412 g/mol. The number of nitrogens with one attached hydrogen (secondary N) is 1. The topological polar surface area (TPSA) is 71.3 Å². The van der Waals surface area contributed by atoms with Gasteiger partial charge in [0.05, 0.1) is 35.0 Å². The molecule has 2 aromatic carbocycles. The van der Waals surface area contributed by atoms with Gasteiger partial charge in [0.1, 0.15) is 11.6 Å². The molecule has 2 aromatic rings. The number of nitrogens with zero attached hydrogens (tertiary/aromatic N) is 1. The van der Waals surface area contributed by atoms with Crippen LogP contribution in [0.2, 0.25) is 15.1 Å². The third kappa shape index (κ3) is 4.41. The monoisotopic (exact) mass is 410 g/mol. The van der Waals surface area contributed by atoms with E-state index in [-0.39, 0.29) is 26.3 Å². The van der Waals surface area contributed by atoms with Gasteiger partial charge in [0.25, 0.3) is 5.91 Å². The van der Waals surface area contributed by atoms with Crippen LogP contribution in [0.1, 0.15) is 5.56 Å². The molecule has 0 aliphatic rings. The Morgan fingerprint density at radius 3 is 2.31 bits per heavy atom. The highest BCUT2D eigenvalue weighted by atomic mass is 35.5. The fourth-order valence-electron chi connectivity index (χ4n) is 2.13. The fraction of sp³-hybridized carbons (Fsp3) is 0.111. The third-order valence-electron chi connectivity index (χ3n) is 3.33. The lowest BCUT2D eigenvalue weighted by atomic mass is 10.1. The Labute approximate surface area is 165 Å². The number of nitriles is 1. The highest BCUT2D eigenvalue weighted by Crippen LogP contribution is 2.36. The van der Waals surface area contributed by atoms with E-state index in [1.807, 2.05) is 6.07 Å². The minimum absolute atomic E-state index is 0.163. The van der Waals surface area contributed by atoms with Crippen molar-refractivity contribution in [2.24, 2.45) is 0 Å². The molecule has 0 heterocycles. The first-order valence-corrected chi connectivity index (χ1v) is 8.33. The van der Waals surface area contributed by atoms with Crippen molar-refractivity contribution in [1.82, 2.24) is 0 Å². The Morgan fingerprint density at radius 2 is 1.77 bits per heavy atom. The molecule has 0 aromatic heterocycles. The van der Waals surface area contributed by atoms with Crippen LogP contribution in [-0.2, 0) is 4.79 Å². The molecule has 0 unspecified atom stereocenters. The summed E-state index contributed by atoms with van der Waals surface area (Å²) in [7, 11) is 2.92. The van der Waals surface area contributed by atoms with E-state index in [0.717, 1.165) is 0 Å². The summed E-state index contributed by atoms with van der Waals surface area (Å²) in [6.45, 7) is 0. The number of amides is 1. The van der Waals surface area contributed by atoms with Crippen LogP contribution in [0.15, 0.2) is 35.9 Å². The van der Waals surface area contributed by atoms with E-state index < -0.39 is 5.91 Å². The zero-order valence-electron chi connectivity index (χ0n) is 13.8. The largest absolute Gasteiger partial charge is 0.493 e. The summed E-state index contributed by atoms with van der Waals surface area (Å²) >= 11 is 18.2. The lowest BCUT2D eigenvalue weighted by Crippen LogP contribution is -2.14. The van der Waals surface area contributed by atoms with E-state index in [9.17, 15) is 10.1 Å². The molecule has 0 saturated heterocycles. The van der Waals surface area contributed by atoms with Crippen molar-refractivity contribution in [3.8, 4) is 17.6 Å². The molecule has 0 atom stereocenters. The molecule has 1 amide bonds. The number of hydrogen-bond acceptors (Lipinski definition) is 4. The van der Waals surface area contributed by atoms with Gasteiger partial charge in [-0.1, -0.05) is 40.9 Å². The summed E-state index contributed by atoms with van der Waals surface area (Å²) in [4.78, 5) is 12.4. The molecule has 26 heavy (non-hydrogen) atoms. The Bertz CT molecular complexity index is 900. The van der Waals surface area contributed by atoms with Gasteiger partial charge in [-0.3, -0.25) is 4.79 Å². The van der Waals surface area contributed by atoms with Crippen LogP contribution >= 0.6 is 34.8 Å². The molecule has 0 spiro atoms. The van der Waals surface area contributed by atoms with Gasteiger partial charge in [0.2, 0.25) is 0 Å². The molecule has 1 N–H and O–H groups in total. The number of methoxy groups -OCH3 is 2. The normalized spacial score (nSPS) is 10.8. The summed E-state index contributed by atoms with van der Waals surface area (Å²) in [6, 6.07) is 9.79. The van der Waals surface area contributed by atoms with Gasteiger partial charge in [-0.2, -0.15) is 5.26 Å². The molecule has 0 aliphatic carbocycles. The number of benzene rings is 2. The van der Waals surface area contributed by atoms with Crippen molar-refractivity contribution < 1.29 is 14.3 Å². The molecular weight excluding hydrogens is 399 g/mol. The molecule has 134 valence electrons. The van der Waals surface area contributed by atoms with E-state index in [1.165, 1.54) is 20.3 Å². The van der Waals surface area contributed by atoms with Crippen molar-refractivity contribution in [2.45, 2.75) is 0 Å². The molecule has 0 fully saturated rings. The maximum absolute atomic E-state index is 12.4. The molecule has 8 heteroatoms. The second-order valence-corrected chi connectivity index (χ2v) is 6.18. The standard InChI is InChI=1S/C18H13Cl3N2O3/c1-25-15-8-10(7-14(21)17(15)26-2)6-11(9-22)18(24)23-16-12(19)4-3-5-13(16)20/h3-8H,1-2H3,(H,23,24). The van der Waals surface area contributed by atoms with Gasteiger partial charge >= 0.3 is 0 Å². The van der Waals surface area contributed by atoms with Gasteiger partial charge in [-0.25, -0.2) is 0 Å². The van der Waals surface area contributed by atoms with Crippen molar-refractivity contribution >= 4 is 52.5 Å². The second-order valence-electron chi connectivity index (χ2n) is 4.96. The van der Waals surface area contributed by atoms with Crippen LogP contribution in [0, 0.1) is 11.3 Å². The van der Waals surface area contributed by atoms with Crippen LogP contribution in [0.5, 0.6) is 11.5 Å². The van der Waals surface area contributed by atoms with E-state index in [4.69, 9.17) is 44.3 Å². The number of para-hydroxylation sites is 1. The SMILES string of the molecule is COc1cc(C=C(C#N)C(=O)Nc2c(Cl)cccc2Cl)cc(Cl)c1OC.